The normalized spacial score (nSPS) is 9.50. The number of nitrogens with zero attached hydrogens (tertiary/aromatic N) is 2. The lowest BCUT2D eigenvalue weighted by Crippen LogP contribution is -2.10. The highest BCUT2D eigenvalue weighted by Crippen LogP contribution is 2.17. The molecule has 5 heteroatoms. The third kappa shape index (κ3) is 2.62. The Kier molecular flexibility index (Phi) is 3.21. The highest BCUT2D eigenvalue weighted by Gasteiger charge is 2.00. The minimum atomic E-state index is -0.461. The summed E-state index contributed by atoms with van der Waals surface area (Å²) in [5, 5.41) is 11.8. The summed E-state index contributed by atoms with van der Waals surface area (Å²) in [4.78, 5) is 14.8. The summed E-state index contributed by atoms with van der Waals surface area (Å²) < 4.78 is 0. The molecule has 0 bridgehead atoms. The molecule has 0 unspecified atom stereocenters. The van der Waals surface area contributed by atoms with Crippen LogP contribution in [-0.2, 0) is 0 Å². The number of aromatic nitrogens is 1. The van der Waals surface area contributed by atoms with Crippen LogP contribution >= 0.6 is 0 Å². The van der Waals surface area contributed by atoms with Crippen molar-refractivity contribution in [2.45, 2.75) is 0 Å². The molecule has 1 amide bonds. The Balaban J connectivity index is 2.18. The minimum Gasteiger partial charge on any atom is -0.366 e. The Morgan fingerprint density at radius 1 is 1.22 bits per heavy atom. The summed E-state index contributed by atoms with van der Waals surface area (Å²) in [6, 6.07) is 12.1. The summed E-state index contributed by atoms with van der Waals surface area (Å²) in [5.41, 5.74) is 7.50. The van der Waals surface area contributed by atoms with Crippen molar-refractivity contribution in [3.05, 3.63) is 53.9 Å². The van der Waals surface area contributed by atoms with Crippen LogP contribution < -0.4 is 11.1 Å². The van der Waals surface area contributed by atoms with E-state index in [1.807, 2.05) is 6.07 Å². The molecule has 5 nitrogen and oxygen atoms in total. The van der Waals surface area contributed by atoms with E-state index in [1.54, 1.807) is 42.6 Å². The van der Waals surface area contributed by atoms with E-state index in [0.29, 0.717) is 11.3 Å². The third-order valence-electron chi connectivity index (χ3n) is 2.33. The van der Waals surface area contributed by atoms with Crippen molar-refractivity contribution in [2.24, 2.45) is 5.73 Å². The first-order valence-corrected chi connectivity index (χ1v) is 5.22. The van der Waals surface area contributed by atoms with Gasteiger partial charge in [-0.05, 0) is 36.4 Å². The average Bonchev–Trinajstić information content (AvgIpc) is 2.39. The molecule has 0 radical (unpaired) electrons. The molecule has 0 aliphatic carbocycles. The zero-order valence-corrected chi connectivity index (χ0v) is 9.42. The van der Waals surface area contributed by atoms with Crippen LogP contribution in [0, 0.1) is 11.3 Å². The Hall–Kier alpha value is -2.87. The van der Waals surface area contributed by atoms with Crippen molar-refractivity contribution >= 4 is 17.3 Å². The van der Waals surface area contributed by atoms with E-state index in [9.17, 15) is 4.79 Å². The lowest BCUT2D eigenvalue weighted by atomic mass is 10.2. The number of anilines is 2. The maximum Gasteiger partial charge on any atom is 0.248 e. The maximum absolute atomic E-state index is 10.9. The second kappa shape index (κ2) is 4.97. The van der Waals surface area contributed by atoms with Gasteiger partial charge in [-0.1, -0.05) is 0 Å². The Bertz CT molecular complexity index is 614. The van der Waals surface area contributed by atoms with Gasteiger partial charge in [0.25, 0.3) is 0 Å². The van der Waals surface area contributed by atoms with Gasteiger partial charge in [0, 0.05) is 23.1 Å². The predicted molar refractivity (Wildman–Crippen MR) is 67.2 cm³/mol. The van der Waals surface area contributed by atoms with Crippen molar-refractivity contribution in [2.75, 3.05) is 5.32 Å². The summed E-state index contributed by atoms with van der Waals surface area (Å²) in [6.45, 7) is 0. The molecular weight excluding hydrogens is 228 g/mol. The molecule has 0 atom stereocenters. The van der Waals surface area contributed by atoms with Gasteiger partial charge >= 0.3 is 0 Å². The van der Waals surface area contributed by atoms with Crippen molar-refractivity contribution in [3.8, 4) is 6.07 Å². The maximum atomic E-state index is 10.9. The van der Waals surface area contributed by atoms with E-state index >= 15 is 0 Å². The molecule has 0 fully saturated rings. The fraction of sp³-hybridized carbons (Fsp3) is 0. The van der Waals surface area contributed by atoms with E-state index in [-0.39, 0.29) is 0 Å². The Morgan fingerprint density at radius 2 is 1.94 bits per heavy atom. The molecule has 2 rings (SSSR count). The van der Waals surface area contributed by atoms with E-state index in [0.717, 1.165) is 11.4 Å². The molecule has 1 heterocycles. The van der Waals surface area contributed by atoms with Gasteiger partial charge in [-0.15, -0.1) is 0 Å². The molecule has 2 aromatic rings. The largest absolute Gasteiger partial charge is 0.366 e. The second-order valence-electron chi connectivity index (χ2n) is 3.61. The average molecular weight is 238 g/mol. The highest BCUT2D eigenvalue weighted by molar-refractivity contribution is 5.93. The van der Waals surface area contributed by atoms with Gasteiger partial charge in [-0.2, -0.15) is 5.26 Å². The summed E-state index contributed by atoms with van der Waals surface area (Å²) in [5.74, 6) is -0.461. The summed E-state index contributed by atoms with van der Waals surface area (Å²) in [7, 11) is 0. The third-order valence-corrected chi connectivity index (χ3v) is 2.33. The van der Waals surface area contributed by atoms with Crippen LogP contribution in [0.1, 0.15) is 16.1 Å². The van der Waals surface area contributed by atoms with E-state index in [2.05, 4.69) is 10.3 Å². The van der Waals surface area contributed by atoms with Crippen LogP contribution in [0.3, 0.4) is 0 Å². The molecule has 1 aromatic heterocycles. The van der Waals surface area contributed by atoms with Gasteiger partial charge < -0.3 is 11.1 Å². The van der Waals surface area contributed by atoms with E-state index in [1.165, 1.54) is 0 Å². The van der Waals surface area contributed by atoms with E-state index in [4.69, 9.17) is 11.0 Å². The number of carbonyl (C=O) groups is 1. The molecular formula is C13H10N4O. The van der Waals surface area contributed by atoms with Crippen LogP contribution in [0.5, 0.6) is 0 Å². The van der Waals surface area contributed by atoms with Gasteiger partial charge in [0.15, 0.2) is 0 Å². The lowest BCUT2D eigenvalue weighted by Gasteiger charge is -2.06. The smallest absolute Gasteiger partial charge is 0.248 e. The molecule has 18 heavy (non-hydrogen) atoms. The molecule has 1 aromatic carbocycles. The van der Waals surface area contributed by atoms with Crippen molar-refractivity contribution in [1.82, 2.24) is 4.98 Å². The topological polar surface area (TPSA) is 91.8 Å². The fourth-order valence-electron chi connectivity index (χ4n) is 1.45. The summed E-state index contributed by atoms with van der Waals surface area (Å²) in [6.07, 6.45) is 1.55. The molecule has 3 N–H and O–H groups in total. The number of hydrogen-bond donors (Lipinski definition) is 2. The zero-order chi connectivity index (χ0) is 13.0. The number of primary amides is 1. The summed E-state index contributed by atoms with van der Waals surface area (Å²) >= 11 is 0. The monoisotopic (exact) mass is 238 g/mol. The number of carbonyl (C=O) groups excluding carboxylic acids is 1. The van der Waals surface area contributed by atoms with Crippen LogP contribution in [0.25, 0.3) is 0 Å². The standard InChI is InChI=1S/C13H10N4O/c14-8-12-7-11(5-6-16-12)17-10-3-1-9(2-4-10)13(15)18/h1-7H,(H2,15,18)(H,16,17). The number of nitrogens with two attached hydrogens (primary N) is 1. The molecule has 0 aliphatic rings. The second-order valence-corrected chi connectivity index (χ2v) is 3.61. The number of rotatable bonds is 3. The SMILES string of the molecule is N#Cc1cc(Nc2ccc(C(N)=O)cc2)ccn1. The molecule has 0 aliphatic heterocycles. The minimum absolute atomic E-state index is 0.341. The first-order chi connectivity index (χ1) is 8.69. The molecule has 0 saturated heterocycles. The number of hydrogen-bond acceptors (Lipinski definition) is 4. The quantitative estimate of drug-likeness (QED) is 0.852. The van der Waals surface area contributed by atoms with Crippen LogP contribution in [-0.4, -0.2) is 10.9 Å². The molecule has 0 spiro atoms. The van der Waals surface area contributed by atoms with Crippen LogP contribution in [0.4, 0.5) is 11.4 Å². The fourth-order valence-corrected chi connectivity index (χ4v) is 1.45. The van der Waals surface area contributed by atoms with E-state index < -0.39 is 5.91 Å². The van der Waals surface area contributed by atoms with Crippen LogP contribution in [0.15, 0.2) is 42.6 Å². The number of amides is 1. The van der Waals surface area contributed by atoms with Gasteiger partial charge in [-0.3, -0.25) is 4.79 Å². The molecule has 88 valence electrons. The Morgan fingerprint density at radius 3 is 2.56 bits per heavy atom. The lowest BCUT2D eigenvalue weighted by molar-refractivity contribution is 0.100. The first-order valence-electron chi connectivity index (χ1n) is 5.22. The number of nitrogens with one attached hydrogen (secondary N) is 1. The van der Waals surface area contributed by atoms with Crippen molar-refractivity contribution in [3.63, 3.8) is 0 Å². The van der Waals surface area contributed by atoms with Gasteiger partial charge in [-0.25, -0.2) is 4.98 Å². The van der Waals surface area contributed by atoms with Crippen molar-refractivity contribution < 1.29 is 4.79 Å². The highest BCUT2D eigenvalue weighted by atomic mass is 16.1. The van der Waals surface area contributed by atoms with Gasteiger partial charge in [0.05, 0.1) is 0 Å². The Labute approximate surface area is 104 Å². The van der Waals surface area contributed by atoms with Gasteiger partial charge in [0.1, 0.15) is 11.8 Å². The number of nitriles is 1. The number of benzene rings is 1. The first kappa shape index (κ1) is 11.6. The molecule has 0 saturated carbocycles. The van der Waals surface area contributed by atoms with Crippen LogP contribution in [0.2, 0.25) is 0 Å². The zero-order valence-electron chi connectivity index (χ0n) is 9.42. The number of pyridine rings is 1. The van der Waals surface area contributed by atoms with Gasteiger partial charge in [0.2, 0.25) is 5.91 Å². The van der Waals surface area contributed by atoms with Crippen molar-refractivity contribution in [1.29, 1.82) is 5.26 Å². The predicted octanol–water partition coefficient (Wildman–Crippen LogP) is 1.80.